The van der Waals surface area contributed by atoms with Crippen LogP contribution < -0.4 is 0 Å². The second kappa shape index (κ2) is 3.11. The van der Waals surface area contributed by atoms with Gasteiger partial charge in [0.2, 0.25) is 0 Å². The second-order valence-electron chi connectivity index (χ2n) is 4.87. The molecule has 80 valence electrons. The standard InChI is InChI=1S/C11H19NO2/c1-10(2,13)8-6-12(5)7-9(8)11(3,4)14/h6-7,13-14H,1-5H3. The van der Waals surface area contributed by atoms with Gasteiger partial charge in [-0.15, -0.1) is 0 Å². The fourth-order valence-electron chi connectivity index (χ4n) is 1.56. The molecule has 0 saturated carbocycles. The number of aliphatic hydroxyl groups is 2. The Labute approximate surface area is 85.0 Å². The monoisotopic (exact) mass is 197 g/mol. The fourth-order valence-corrected chi connectivity index (χ4v) is 1.56. The minimum Gasteiger partial charge on any atom is -0.386 e. The van der Waals surface area contributed by atoms with E-state index in [9.17, 15) is 10.2 Å². The van der Waals surface area contributed by atoms with Gasteiger partial charge in [-0.3, -0.25) is 0 Å². The molecule has 0 radical (unpaired) electrons. The summed E-state index contributed by atoms with van der Waals surface area (Å²) in [4.78, 5) is 0. The molecule has 0 bridgehead atoms. The van der Waals surface area contributed by atoms with E-state index >= 15 is 0 Å². The highest BCUT2D eigenvalue weighted by atomic mass is 16.3. The van der Waals surface area contributed by atoms with Gasteiger partial charge in [-0.05, 0) is 27.7 Å². The van der Waals surface area contributed by atoms with Gasteiger partial charge >= 0.3 is 0 Å². The van der Waals surface area contributed by atoms with Crippen molar-refractivity contribution < 1.29 is 10.2 Å². The zero-order valence-corrected chi connectivity index (χ0v) is 9.50. The van der Waals surface area contributed by atoms with Crippen LogP contribution in [0.1, 0.15) is 38.8 Å². The highest BCUT2D eigenvalue weighted by Crippen LogP contribution is 2.31. The number of nitrogens with zero attached hydrogens (tertiary/aromatic N) is 1. The summed E-state index contributed by atoms with van der Waals surface area (Å²) in [6.07, 6.45) is 3.68. The first-order valence-electron chi connectivity index (χ1n) is 4.74. The zero-order chi connectivity index (χ0) is 11.1. The molecular weight excluding hydrogens is 178 g/mol. The minimum atomic E-state index is -0.920. The van der Waals surface area contributed by atoms with Crippen molar-refractivity contribution in [3.05, 3.63) is 23.5 Å². The van der Waals surface area contributed by atoms with Crippen molar-refractivity contribution in [1.82, 2.24) is 4.57 Å². The fraction of sp³-hybridized carbons (Fsp3) is 0.636. The minimum absolute atomic E-state index is 0.771. The summed E-state index contributed by atoms with van der Waals surface area (Å²) in [5, 5.41) is 19.8. The normalized spacial score (nSPS) is 13.4. The number of rotatable bonds is 2. The molecule has 2 N–H and O–H groups in total. The molecule has 0 saturated heterocycles. The summed E-state index contributed by atoms with van der Waals surface area (Å²) in [6.45, 7) is 6.88. The van der Waals surface area contributed by atoms with Crippen LogP contribution in [0.4, 0.5) is 0 Å². The highest BCUT2D eigenvalue weighted by molar-refractivity contribution is 5.33. The predicted molar refractivity (Wildman–Crippen MR) is 55.9 cm³/mol. The molecule has 0 aliphatic carbocycles. The summed E-state index contributed by atoms with van der Waals surface area (Å²) in [5.41, 5.74) is -0.298. The van der Waals surface area contributed by atoms with Crippen LogP contribution in [0.5, 0.6) is 0 Å². The Bertz CT molecular complexity index is 295. The molecule has 0 aliphatic heterocycles. The number of aryl methyl sites for hydroxylation is 1. The number of hydrogen-bond acceptors (Lipinski definition) is 2. The van der Waals surface area contributed by atoms with Gasteiger partial charge in [0, 0.05) is 30.6 Å². The van der Waals surface area contributed by atoms with Crippen LogP contribution in [0.2, 0.25) is 0 Å². The SMILES string of the molecule is Cn1cc(C(C)(C)O)c(C(C)(C)O)c1. The van der Waals surface area contributed by atoms with Gasteiger partial charge in [0.05, 0.1) is 11.2 Å². The molecular formula is C11H19NO2. The average molecular weight is 197 g/mol. The molecule has 0 aliphatic rings. The van der Waals surface area contributed by atoms with Gasteiger partial charge in [-0.2, -0.15) is 0 Å². The molecule has 0 spiro atoms. The van der Waals surface area contributed by atoms with Crippen LogP contribution in [0.15, 0.2) is 12.4 Å². The van der Waals surface area contributed by atoms with Crippen LogP contribution in [-0.4, -0.2) is 14.8 Å². The molecule has 3 nitrogen and oxygen atoms in total. The Hall–Kier alpha value is -0.800. The summed E-state index contributed by atoms with van der Waals surface area (Å²) in [6, 6.07) is 0. The largest absolute Gasteiger partial charge is 0.386 e. The molecule has 0 atom stereocenters. The van der Waals surface area contributed by atoms with Crippen molar-refractivity contribution in [1.29, 1.82) is 0 Å². The van der Waals surface area contributed by atoms with Crippen LogP contribution in [0, 0.1) is 0 Å². The smallest absolute Gasteiger partial charge is 0.0858 e. The van der Waals surface area contributed by atoms with Crippen molar-refractivity contribution >= 4 is 0 Å². The molecule has 0 unspecified atom stereocenters. The number of aromatic nitrogens is 1. The quantitative estimate of drug-likeness (QED) is 0.754. The molecule has 1 heterocycles. The lowest BCUT2D eigenvalue weighted by Crippen LogP contribution is -2.23. The van der Waals surface area contributed by atoms with E-state index in [1.54, 1.807) is 27.7 Å². The van der Waals surface area contributed by atoms with Gasteiger partial charge in [-0.1, -0.05) is 0 Å². The van der Waals surface area contributed by atoms with Crippen molar-refractivity contribution in [2.24, 2.45) is 7.05 Å². The molecule has 1 aromatic heterocycles. The van der Waals surface area contributed by atoms with Crippen LogP contribution >= 0.6 is 0 Å². The molecule has 0 fully saturated rings. The Balaban J connectivity index is 3.31. The number of hydrogen-bond donors (Lipinski definition) is 2. The van der Waals surface area contributed by atoms with Crippen LogP contribution in [0.3, 0.4) is 0 Å². The van der Waals surface area contributed by atoms with Crippen LogP contribution in [-0.2, 0) is 18.2 Å². The van der Waals surface area contributed by atoms with Crippen molar-refractivity contribution in [3.63, 3.8) is 0 Å². The van der Waals surface area contributed by atoms with Crippen LogP contribution in [0.25, 0.3) is 0 Å². The predicted octanol–water partition coefficient (Wildman–Crippen LogP) is 1.48. The van der Waals surface area contributed by atoms with E-state index < -0.39 is 11.2 Å². The van der Waals surface area contributed by atoms with E-state index in [0.717, 1.165) is 11.1 Å². The first-order chi connectivity index (χ1) is 6.12. The summed E-state index contributed by atoms with van der Waals surface area (Å²) < 4.78 is 1.85. The molecule has 1 aromatic rings. The Morgan fingerprint density at radius 1 is 0.929 bits per heavy atom. The maximum atomic E-state index is 9.92. The Morgan fingerprint density at radius 3 is 1.43 bits per heavy atom. The first-order valence-corrected chi connectivity index (χ1v) is 4.74. The maximum Gasteiger partial charge on any atom is 0.0858 e. The molecule has 0 aromatic carbocycles. The van der Waals surface area contributed by atoms with E-state index in [4.69, 9.17) is 0 Å². The van der Waals surface area contributed by atoms with Gasteiger partial charge in [0.15, 0.2) is 0 Å². The third-order valence-electron chi connectivity index (χ3n) is 2.27. The summed E-state index contributed by atoms with van der Waals surface area (Å²) in [7, 11) is 1.88. The molecule has 0 amide bonds. The van der Waals surface area contributed by atoms with E-state index in [0.29, 0.717) is 0 Å². The molecule has 1 rings (SSSR count). The summed E-state index contributed by atoms with van der Waals surface area (Å²) in [5.74, 6) is 0. The van der Waals surface area contributed by atoms with Gasteiger partial charge < -0.3 is 14.8 Å². The Kier molecular flexibility index (Phi) is 2.50. The van der Waals surface area contributed by atoms with E-state index in [1.807, 2.05) is 24.0 Å². The van der Waals surface area contributed by atoms with Crippen molar-refractivity contribution in [3.8, 4) is 0 Å². The lowest BCUT2D eigenvalue weighted by molar-refractivity contribution is 0.0534. The third-order valence-corrected chi connectivity index (χ3v) is 2.27. The van der Waals surface area contributed by atoms with Gasteiger partial charge in [0.25, 0.3) is 0 Å². The Morgan fingerprint density at radius 2 is 1.21 bits per heavy atom. The zero-order valence-electron chi connectivity index (χ0n) is 9.50. The average Bonchev–Trinajstić information content (AvgIpc) is 2.27. The van der Waals surface area contributed by atoms with Gasteiger partial charge in [-0.25, -0.2) is 0 Å². The van der Waals surface area contributed by atoms with E-state index in [-0.39, 0.29) is 0 Å². The molecule has 3 heteroatoms. The first kappa shape index (κ1) is 11.3. The summed E-state index contributed by atoms with van der Waals surface area (Å²) >= 11 is 0. The highest BCUT2D eigenvalue weighted by Gasteiger charge is 2.29. The van der Waals surface area contributed by atoms with Crippen molar-refractivity contribution in [2.75, 3.05) is 0 Å². The maximum absolute atomic E-state index is 9.92. The lowest BCUT2D eigenvalue weighted by atomic mass is 9.89. The van der Waals surface area contributed by atoms with E-state index in [1.165, 1.54) is 0 Å². The second-order valence-corrected chi connectivity index (χ2v) is 4.87. The van der Waals surface area contributed by atoms with Crippen molar-refractivity contribution in [2.45, 2.75) is 38.9 Å². The third kappa shape index (κ3) is 2.16. The van der Waals surface area contributed by atoms with Gasteiger partial charge in [0.1, 0.15) is 0 Å². The van der Waals surface area contributed by atoms with E-state index in [2.05, 4.69) is 0 Å². The lowest BCUT2D eigenvalue weighted by Gasteiger charge is -2.24. The topological polar surface area (TPSA) is 45.4 Å². The molecule has 14 heavy (non-hydrogen) atoms.